The Balaban J connectivity index is 1.47. The second kappa shape index (κ2) is 13.0. The minimum atomic E-state index is -0.138. The van der Waals surface area contributed by atoms with Crippen molar-refractivity contribution < 1.29 is 4.58 Å². The molecule has 0 unspecified atom stereocenters. The molecule has 2 aromatic carbocycles. The van der Waals surface area contributed by atoms with Gasteiger partial charge in [0, 0.05) is 64.0 Å². The smallest absolute Gasteiger partial charge is 0.209 e. The van der Waals surface area contributed by atoms with E-state index < -0.39 is 0 Å². The number of azide groups is 1. The Bertz CT molecular complexity index is 1580. The van der Waals surface area contributed by atoms with Crippen LogP contribution in [0.4, 0.5) is 11.4 Å². The number of anilines is 1. The van der Waals surface area contributed by atoms with E-state index in [-0.39, 0.29) is 10.8 Å². The van der Waals surface area contributed by atoms with Gasteiger partial charge in [-0.15, -0.1) is 0 Å². The first-order valence-corrected chi connectivity index (χ1v) is 16.2. The van der Waals surface area contributed by atoms with Gasteiger partial charge < -0.3 is 4.90 Å². The quantitative estimate of drug-likeness (QED) is 0.0887. The molecule has 0 saturated carbocycles. The van der Waals surface area contributed by atoms with Gasteiger partial charge in [-0.05, 0) is 73.9 Å². The number of rotatable bonds is 10. The molecule has 0 spiro atoms. The van der Waals surface area contributed by atoms with Gasteiger partial charge in [0.1, 0.15) is 6.54 Å². The SMILES string of the molecule is CCCC[N+]1=C(/C=C/C2=C(Cl)C(=C/C=C3/N(CCCN=[N+]=[N-])c4ccccc4C3(C)C)/CCC2)C(C)(C)c2ccccc21. The Hall–Kier alpha value is -3.53. The summed E-state index contributed by atoms with van der Waals surface area (Å²) in [7, 11) is 0. The predicted octanol–water partition coefficient (Wildman–Crippen LogP) is 10.4. The summed E-state index contributed by atoms with van der Waals surface area (Å²) in [4.78, 5) is 5.32. The van der Waals surface area contributed by atoms with Crippen molar-refractivity contribution in [2.24, 2.45) is 5.11 Å². The first-order valence-electron chi connectivity index (χ1n) is 15.8. The second-order valence-corrected chi connectivity index (χ2v) is 13.3. The van der Waals surface area contributed by atoms with E-state index in [1.54, 1.807) is 0 Å². The summed E-state index contributed by atoms with van der Waals surface area (Å²) in [6, 6.07) is 17.5. The highest BCUT2D eigenvalue weighted by Crippen LogP contribution is 2.48. The van der Waals surface area contributed by atoms with Crippen molar-refractivity contribution in [2.75, 3.05) is 24.5 Å². The lowest BCUT2D eigenvalue weighted by molar-refractivity contribution is -0.438. The summed E-state index contributed by atoms with van der Waals surface area (Å²) in [6.07, 6.45) is 15.3. The highest BCUT2D eigenvalue weighted by Gasteiger charge is 2.44. The van der Waals surface area contributed by atoms with Crippen LogP contribution in [-0.4, -0.2) is 29.9 Å². The van der Waals surface area contributed by atoms with Gasteiger partial charge in [-0.1, -0.05) is 92.5 Å². The molecule has 0 atom stereocenters. The Morgan fingerprint density at radius 3 is 2.47 bits per heavy atom. The lowest BCUT2D eigenvalue weighted by atomic mass is 9.81. The maximum Gasteiger partial charge on any atom is 0.209 e. The van der Waals surface area contributed by atoms with Crippen LogP contribution in [0, 0.1) is 0 Å². The monoisotopic (exact) mass is 594 g/mol. The summed E-state index contributed by atoms with van der Waals surface area (Å²) in [5.41, 5.74) is 18.8. The molecular formula is C37H45ClN5+. The molecule has 0 bridgehead atoms. The maximum absolute atomic E-state index is 8.74. The zero-order chi connectivity index (χ0) is 30.6. The minimum Gasteiger partial charge on any atom is -0.344 e. The normalized spacial score (nSPS) is 20.7. The molecule has 2 heterocycles. The van der Waals surface area contributed by atoms with Crippen molar-refractivity contribution in [2.45, 2.75) is 84.0 Å². The largest absolute Gasteiger partial charge is 0.344 e. The molecule has 0 amide bonds. The summed E-state index contributed by atoms with van der Waals surface area (Å²) >= 11 is 7.16. The highest BCUT2D eigenvalue weighted by atomic mass is 35.5. The molecule has 224 valence electrons. The first kappa shape index (κ1) is 30.9. The van der Waals surface area contributed by atoms with Crippen LogP contribution in [0.2, 0.25) is 0 Å². The van der Waals surface area contributed by atoms with Crippen LogP contribution in [-0.2, 0) is 10.8 Å². The van der Waals surface area contributed by atoms with Crippen molar-refractivity contribution in [1.82, 2.24) is 0 Å². The van der Waals surface area contributed by atoms with Gasteiger partial charge in [-0.25, -0.2) is 0 Å². The Morgan fingerprint density at radius 2 is 1.70 bits per heavy atom. The van der Waals surface area contributed by atoms with E-state index in [2.05, 4.69) is 127 Å². The average molecular weight is 595 g/mol. The van der Waals surface area contributed by atoms with E-state index in [9.17, 15) is 0 Å². The average Bonchev–Trinajstić information content (AvgIpc) is 3.35. The molecule has 0 saturated heterocycles. The number of halogens is 1. The fraction of sp³-hybridized carbons (Fsp3) is 0.432. The van der Waals surface area contributed by atoms with Crippen LogP contribution in [0.5, 0.6) is 0 Å². The number of fused-ring (bicyclic) bond motifs is 2. The molecule has 5 nitrogen and oxygen atoms in total. The summed E-state index contributed by atoms with van der Waals surface area (Å²) in [5.74, 6) is 0. The van der Waals surface area contributed by atoms with E-state index in [0.29, 0.717) is 6.54 Å². The molecule has 1 aliphatic carbocycles. The summed E-state index contributed by atoms with van der Waals surface area (Å²) in [5, 5.41) is 4.65. The van der Waals surface area contributed by atoms with E-state index in [0.717, 1.165) is 50.2 Å². The van der Waals surface area contributed by atoms with Crippen molar-refractivity contribution >= 4 is 28.7 Å². The number of unbranched alkanes of at least 4 members (excludes halogenated alkanes) is 1. The molecule has 0 N–H and O–H groups in total. The van der Waals surface area contributed by atoms with Gasteiger partial charge in [0.2, 0.25) is 5.69 Å². The van der Waals surface area contributed by atoms with Crippen LogP contribution in [0.3, 0.4) is 0 Å². The predicted molar refractivity (Wildman–Crippen MR) is 182 cm³/mol. The van der Waals surface area contributed by atoms with Crippen LogP contribution >= 0.6 is 11.6 Å². The molecular weight excluding hydrogens is 550 g/mol. The molecule has 0 fully saturated rings. The van der Waals surface area contributed by atoms with Crippen molar-refractivity contribution in [1.29, 1.82) is 0 Å². The van der Waals surface area contributed by atoms with Crippen LogP contribution < -0.4 is 4.90 Å². The number of hydrogen-bond acceptors (Lipinski definition) is 2. The summed E-state index contributed by atoms with van der Waals surface area (Å²) in [6.45, 7) is 13.8. The topological polar surface area (TPSA) is 55.0 Å². The Labute approximate surface area is 262 Å². The third-order valence-corrected chi connectivity index (χ3v) is 9.86. The fourth-order valence-corrected chi connectivity index (χ4v) is 7.31. The second-order valence-electron chi connectivity index (χ2n) is 12.9. The Morgan fingerprint density at radius 1 is 0.953 bits per heavy atom. The van der Waals surface area contributed by atoms with Crippen molar-refractivity contribution in [3.63, 3.8) is 0 Å². The molecule has 43 heavy (non-hydrogen) atoms. The van der Waals surface area contributed by atoms with Crippen LogP contribution in [0.15, 0.2) is 99.8 Å². The highest BCUT2D eigenvalue weighted by molar-refractivity contribution is 6.32. The molecule has 5 rings (SSSR count). The maximum atomic E-state index is 8.74. The molecule has 0 radical (unpaired) electrons. The molecule has 0 aromatic heterocycles. The van der Waals surface area contributed by atoms with Gasteiger partial charge in [0.25, 0.3) is 0 Å². The number of benzene rings is 2. The van der Waals surface area contributed by atoms with Gasteiger partial charge >= 0.3 is 0 Å². The lowest BCUT2D eigenvalue weighted by Crippen LogP contribution is -2.28. The fourth-order valence-electron chi connectivity index (χ4n) is 6.99. The number of para-hydroxylation sites is 2. The number of hydrogen-bond donors (Lipinski definition) is 0. The molecule has 2 aliphatic heterocycles. The minimum absolute atomic E-state index is 0.0588. The number of allylic oxidation sites excluding steroid dienone is 8. The standard InChI is InChI=1S/C37H45ClN5/c1-6-7-25-42-31-18-10-8-16-29(31)36(2,3)33(42)22-20-27-14-12-15-28(35(27)38)21-23-34-37(4,5)30-17-9-11-19-32(30)43(34)26-13-24-40-41-39/h8-11,16-23H,6-7,12-15,24-26H2,1-5H3/q+1. The van der Waals surface area contributed by atoms with Gasteiger partial charge in [0.05, 0.1) is 5.41 Å². The van der Waals surface area contributed by atoms with E-state index in [1.807, 2.05) is 0 Å². The van der Waals surface area contributed by atoms with Crippen molar-refractivity contribution in [3.05, 3.63) is 116 Å². The third kappa shape index (κ3) is 5.98. The van der Waals surface area contributed by atoms with Gasteiger partial charge in [-0.2, -0.15) is 4.58 Å². The zero-order valence-corrected chi connectivity index (χ0v) is 27.2. The lowest BCUT2D eigenvalue weighted by Gasteiger charge is -2.27. The van der Waals surface area contributed by atoms with E-state index >= 15 is 0 Å². The van der Waals surface area contributed by atoms with E-state index in [1.165, 1.54) is 51.5 Å². The Kier molecular flexibility index (Phi) is 9.34. The number of nitrogens with zero attached hydrogens (tertiary/aromatic N) is 5. The zero-order valence-electron chi connectivity index (χ0n) is 26.4. The summed E-state index contributed by atoms with van der Waals surface area (Å²) < 4.78 is 2.52. The molecule has 3 aliphatic rings. The van der Waals surface area contributed by atoms with Crippen molar-refractivity contribution in [3.8, 4) is 0 Å². The molecule has 6 heteroatoms. The third-order valence-electron chi connectivity index (χ3n) is 9.38. The van der Waals surface area contributed by atoms with Gasteiger partial charge in [-0.3, -0.25) is 0 Å². The first-order chi connectivity index (χ1) is 20.7. The van der Waals surface area contributed by atoms with E-state index in [4.69, 9.17) is 17.1 Å². The van der Waals surface area contributed by atoms with Crippen LogP contribution in [0.1, 0.15) is 84.3 Å². The van der Waals surface area contributed by atoms with Gasteiger partial charge in [0.15, 0.2) is 5.71 Å². The molecule has 2 aromatic rings. The van der Waals surface area contributed by atoms with Crippen LogP contribution in [0.25, 0.3) is 10.4 Å².